The number of carbonyl (C=O) groups excluding carboxylic acids is 1. The van der Waals surface area contributed by atoms with Gasteiger partial charge < -0.3 is 16.0 Å². The lowest BCUT2D eigenvalue weighted by Crippen LogP contribution is -2.46. The van der Waals surface area contributed by atoms with E-state index in [1.165, 1.54) is 7.05 Å². The SMILES string of the molecule is CNC(=O)N(C(=N)N)c1cc(C)[nH]c1C. The van der Waals surface area contributed by atoms with Crippen LogP contribution in [0.15, 0.2) is 6.07 Å². The van der Waals surface area contributed by atoms with Crippen LogP contribution in [0.1, 0.15) is 11.4 Å². The quantitative estimate of drug-likeness (QED) is 0.404. The summed E-state index contributed by atoms with van der Waals surface area (Å²) in [6, 6.07) is 1.34. The zero-order chi connectivity index (χ0) is 11.6. The molecule has 0 bridgehead atoms. The van der Waals surface area contributed by atoms with Crippen LogP contribution in [0.2, 0.25) is 0 Å². The Morgan fingerprint density at radius 1 is 1.60 bits per heavy atom. The van der Waals surface area contributed by atoms with Crippen LogP contribution in [0.3, 0.4) is 0 Å². The average Bonchev–Trinajstić information content (AvgIpc) is 2.45. The second kappa shape index (κ2) is 4.04. The van der Waals surface area contributed by atoms with Gasteiger partial charge in [-0.2, -0.15) is 0 Å². The van der Waals surface area contributed by atoms with E-state index in [0.717, 1.165) is 16.3 Å². The maximum atomic E-state index is 11.5. The van der Waals surface area contributed by atoms with E-state index < -0.39 is 6.03 Å². The molecule has 5 N–H and O–H groups in total. The largest absolute Gasteiger partial charge is 0.369 e. The first-order valence-corrected chi connectivity index (χ1v) is 4.49. The van der Waals surface area contributed by atoms with Gasteiger partial charge in [0.1, 0.15) is 0 Å². The Balaban J connectivity index is 3.15. The molecule has 0 radical (unpaired) electrons. The summed E-state index contributed by atoms with van der Waals surface area (Å²) in [5.41, 5.74) is 7.67. The highest BCUT2D eigenvalue weighted by molar-refractivity contribution is 6.14. The lowest BCUT2D eigenvalue weighted by Gasteiger charge is -2.19. The van der Waals surface area contributed by atoms with Gasteiger partial charge in [-0.15, -0.1) is 0 Å². The molecule has 0 aliphatic rings. The number of rotatable bonds is 1. The predicted molar refractivity (Wildman–Crippen MR) is 59.1 cm³/mol. The van der Waals surface area contributed by atoms with Crippen LogP contribution in [0, 0.1) is 19.3 Å². The van der Waals surface area contributed by atoms with Crippen molar-refractivity contribution in [3.63, 3.8) is 0 Å². The molecule has 1 aromatic rings. The Morgan fingerprint density at radius 3 is 2.53 bits per heavy atom. The number of hydrogen-bond donors (Lipinski definition) is 4. The second-order valence-corrected chi connectivity index (χ2v) is 3.24. The number of guanidine groups is 1. The van der Waals surface area contributed by atoms with Crippen molar-refractivity contribution in [3.8, 4) is 0 Å². The van der Waals surface area contributed by atoms with Gasteiger partial charge in [-0.1, -0.05) is 0 Å². The molecule has 0 saturated carbocycles. The predicted octanol–water partition coefficient (Wildman–Crippen LogP) is 0.671. The van der Waals surface area contributed by atoms with Gasteiger partial charge in [0, 0.05) is 18.4 Å². The van der Waals surface area contributed by atoms with E-state index in [1.54, 1.807) is 6.07 Å². The number of carbonyl (C=O) groups is 1. The van der Waals surface area contributed by atoms with Crippen molar-refractivity contribution in [1.82, 2.24) is 10.3 Å². The van der Waals surface area contributed by atoms with Crippen LogP contribution in [0.25, 0.3) is 0 Å². The van der Waals surface area contributed by atoms with Crippen molar-refractivity contribution in [2.24, 2.45) is 5.73 Å². The van der Waals surface area contributed by atoms with Gasteiger partial charge >= 0.3 is 6.03 Å². The molecule has 0 spiro atoms. The minimum atomic E-state index is -0.426. The fourth-order valence-electron chi connectivity index (χ4n) is 1.40. The van der Waals surface area contributed by atoms with Crippen molar-refractivity contribution in [1.29, 1.82) is 5.41 Å². The highest BCUT2D eigenvalue weighted by Crippen LogP contribution is 2.20. The van der Waals surface area contributed by atoms with Crippen molar-refractivity contribution in [2.75, 3.05) is 11.9 Å². The number of hydrogen-bond acceptors (Lipinski definition) is 2. The van der Waals surface area contributed by atoms with Crippen LogP contribution in [-0.2, 0) is 0 Å². The molecule has 0 aliphatic heterocycles. The molecule has 0 aliphatic carbocycles. The standard InChI is InChI=1S/C9H15N5O/c1-5-4-7(6(2)13-5)14(8(10)11)9(15)12-3/h4,13H,1-3H3,(H3,10,11)(H,12,15). The number of aromatic amines is 1. The first-order valence-electron chi connectivity index (χ1n) is 4.49. The van der Waals surface area contributed by atoms with Gasteiger partial charge in [0.2, 0.25) is 5.96 Å². The van der Waals surface area contributed by atoms with E-state index >= 15 is 0 Å². The maximum absolute atomic E-state index is 11.5. The van der Waals surface area contributed by atoms with Gasteiger partial charge in [-0.3, -0.25) is 5.41 Å². The van der Waals surface area contributed by atoms with Crippen molar-refractivity contribution in [3.05, 3.63) is 17.5 Å². The van der Waals surface area contributed by atoms with Crippen LogP contribution in [0.4, 0.5) is 10.5 Å². The third-order valence-corrected chi connectivity index (χ3v) is 2.02. The third kappa shape index (κ3) is 2.09. The molecule has 15 heavy (non-hydrogen) atoms. The van der Waals surface area contributed by atoms with Crippen LogP contribution >= 0.6 is 0 Å². The molecular formula is C9H15N5O. The van der Waals surface area contributed by atoms with Crippen molar-refractivity contribution < 1.29 is 4.79 Å². The summed E-state index contributed by atoms with van der Waals surface area (Å²) < 4.78 is 0. The first-order chi connectivity index (χ1) is 6.97. The molecule has 1 heterocycles. The van der Waals surface area contributed by atoms with E-state index in [9.17, 15) is 4.79 Å². The summed E-state index contributed by atoms with van der Waals surface area (Å²) in [5.74, 6) is -0.309. The minimum Gasteiger partial charge on any atom is -0.369 e. The number of nitrogens with zero attached hydrogens (tertiary/aromatic N) is 1. The zero-order valence-electron chi connectivity index (χ0n) is 9.01. The smallest absolute Gasteiger partial charge is 0.328 e. The molecule has 6 nitrogen and oxygen atoms in total. The van der Waals surface area contributed by atoms with Crippen molar-refractivity contribution in [2.45, 2.75) is 13.8 Å². The second-order valence-electron chi connectivity index (χ2n) is 3.24. The molecule has 6 heteroatoms. The molecule has 2 amide bonds. The number of nitrogens with one attached hydrogen (secondary N) is 3. The number of aryl methyl sites for hydroxylation is 2. The van der Waals surface area contributed by atoms with Crippen LogP contribution < -0.4 is 16.0 Å². The lowest BCUT2D eigenvalue weighted by molar-refractivity contribution is 0.251. The van der Waals surface area contributed by atoms with Gasteiger partial charge in [-0.05, 0) is 19.9 Å². The molecule has 0 saturated heterocycles. The maximum Gasteiger partial charge on any atom is 0.328 e. The fraction of sp³-hybridized carbons (Fsp3) is 0.333. The van der Waals surface area contributed by atoms with E-state index in [-0.39, 0.29) is 5.96 Å². The van der Waals surface area contributed by atoms with Gasteiger partial charge in [-0.25, -0.2) is 9.69 Å². The molecular weight excluding hydrogens is 194 g/mol. The fourth-order valence-corrected chi connectivity index (χ4v) is 1.40. The number of aromatic nitrogens is 1. The Morgan fingerprint density at radius 2 is 2.20 bits per heavy atom. The summed E-state index contributed by atoms with van der Waals surface area (Å²) in [6.07, 6.45) is 0. The summed E-state index contributed by atoms with van der Waals surface area (Å²) in [5, 5.41) is 9.79. The van der Waals surface area contributed by atoms with Gasteiger partial charge in [0.25, 0.3) is 0 Å². The monoisotopic (exact) mass is 209 g/mol. The highest BCUT2D eigenvalue weighted by Gasteiger charge is 2.20. The molecule has 0 unspecified atom stereocenters. The Kier molecular flexibility index (Phi) is 2.99. The number of H-pyrrole nitrogens is 1. The normalized spacial score (nSPS) is 9.80. The Bertz CT molecular complexity index is 395. The summed E-state index contributed by atoms with van der Waals surface area (Å²) in [6.45, 7) is 3.69. The topological polar surface area (TPSA) is 98.0 Å². The minimum absolute atomic E-state index is 0.309. The molecule has 1 aromatic heterocycles. The molecule has 0 fully saturated rings. The van der Waals surface area contributed by atoms with Gasteiger partial charge in [0.15, 0.2) is 0 Å². The summed E-state index contributed by atoms with van der Waals surface area (Å²) in [4.78, 5) is 15.7. The van der Waals surface area contributed by atoms with E-state index in [2.05, 4.69) is 10.3 Å². The number of nitrogens with two attached hydrogens (primary N) is 1. The average molecular weight is 209 g/mol. The summed E-state index contributed by atoms with van der Waals surface area (Å²) >= 11 is 0. The Labute approximate surface area is 88.0 Å². The molecule has 1 rings (SSSR count). The zero-order valence-corrected chi connectivity index (χ0v) is 9.01. The van der Waals surface area contributed by atoms with Crippen molar-refractivity contribution >= 4 is 17.7 Å². The van der Waals surface area contributed by atoms with E-state index in [1.807, 2.05) is 13.8 Å². The van der Waals surface area contributed by atoms with Crippen LogP contribution in [-0.4, -0.2) is 24.0 Å². The number of anilines is 1. The Hall–Kier alpha value is -1.98. The van der Waals surface area contributed by atoms with E-state index in [4.69, 9.17) is 11.1 Å². The number of urea groups is 1. The first kappa shape index (κ1) is 11.1. The molecule has 0 atom stereocenters. The lowest BCUT2D eigenvalue weighted by atomic mass is 10.3. The third-order valence-electron chi connectivity index (χ3n) is 2.02. The van der Waals surface area contributed by atoms with Crippen LogP contribution in [0.5, 0.6) is 0 Å². The summed E-state index contributed by atoms with van der Waals surface area (Å²) in [7, 11) is 1.49. The van der Waals surface area contributed by atoms with E-state index in [0.29, 0.717) is 5.69 Å². The molecule has 0 aromatic carbocycles. The number of amides is 2. The molecule has 82 valence electrons. The highest BCUT2D eigenvalue weighted by atomic mass is 16.2. The van der Waals surface area contributed by atoms with Gasteiger partial charge in [0.05, 0.1) is 5.69 Å².